The molecule has 0 atom stereocenters. The number of Topliss-reactive ketones (excluding diaryl/α,β-unsaturated/α-hetero) is 1. The predicted molar refractivity (Wildman–Crippen MR) is 96.6 cm³/mol. The van der Waals surface area contributed by atoms with E-state index in [9.17, 15) is 4.79 Å². The highest BCUT2D eigenvalue weighted by atomic mass is 35.5. The van der Waals surface area contributed by atoms with Gasteiger partial charge in [-0.1, -0.05) is 53.7 Å². The van der Waals surface area contributed by atoms with Crippen LogP contribution in [-0.2, 0) is 0 Å². The maximum atomic E-state index is 12.3. The van der Waals surface area contributed by atoms with Gasteiger partial charge in [0.25, 0.3) is 0 Å². The number of carbonyl (C=O) groups is 1. The normalized spacial score (nSPS) is 11.3. The summed E-state index contributed by atoms with van der Waals surface area (Å²) in [6.45, 7) is 4.22. The molecule has 3 nitrogen and oxygen atoms in total. The van der Waals surface area contributed by atoms with Gasteiger partial charge in [-0.3, -0.25) is 4.79 Å². The number of fused-ring (bicyclic) bond motifs is 1. The average Bonchev–Trinajstić information content (AvgIpc) is 2.91. The Bertz CT molecular complexity index is 843. The SMILES string of the molecule is CC(C)n1c(SCC(=O)c2ccccc2)nc2cc(Cl)ccc21. The van der Waals surface area contributed by atoms with E-state index >= 15 is 0 Å². The first kappa shape index (κ1) is 16.1. The molecule has 0 saturated carbocycles. The number of carbonyl (C=O) groups excluding carboxylic acids is 1. The van der Waals surface area contributed by atoms with Crippen molar-refractivity contribution in [3.05, 3.63) is 59.1 Å². The average molecular weight is 345 g/mol. The van der Waals surface area contributed by atoms with E-state index in [1.54, 1.807) is 0 Å². The van der Waals surface area contributed by atoms with Crippen LogP contribution in [0, 0.1) is 0 Å². The molecular weight excluding hydrogens is 328 g/mol. The molecule has 0 unspecified atom stereocenters. The van der Waals surface area contributed by atoms with Crippen molar-refractivity contribution in [2.75, 3.05) is 5.75 Å². The van der Waals surface area contributed by atoms with Crippen LogP contribution in [0.1, 0.15) is 30.2 Å². The largest absolute Gasteiger partial charge is 0.316 e. The molecule has 0 amide bonds. The maximum absolute atomic E-state index is 12.3. The molecule has 0 radical (unpaired) electrons. The molecule has 3 rings (SSSR count). The van der Waals surface area contributed by atoms with Gasteiger partial charge < -0.3 is 4.57 Å². The summed E-state index contributed by atoms with van der Waals surface area (Å²) in [7, 11) is 0. The Hall–Kier alpha value is -1.78. The van der Waals surface area contributed by atoms with E-state index in [0.717, 1.165) is 21.8 Å². The molecule has 0 aliphatic carbocycles. The van der Waals surface area contributed by atoms with Crippen molar-refractivity contribution in [1.82, 2.24) is 9.55 Å². The smallest absolute Gasteiger partial charge is 0.173 e. The molecule has 0 bridgehead atoms. The zero-order chi connectivity index (χ0) is 16.4. The first-order valence-electron chi connectivity index (χ1n) is 7.45. The summed E-state index contributed by atoms with van der Waals surface area (Å²) in [6, 6.07) is 15.3. The number of imidazole rings is 1. The fraction of sp³-hybridized carbons (Fsp3) is 0.222. The van der Waals surface area contributed by atoms with Crippen molar-refractivity contribution >= 4 is 40.2 Å². The van der Waals surface area contributed by atoms with E-state index in [2.05, 4.69) is 23.4 Å². The Labute approximate surface area is 144 Å². The van der Waals surface area contributed by atoms with Gasteiger partial charge in [-0.05, 0) is 32.0 Å². The van der Waals surface area contributed by atoms with Crippen LogP contribution in [0.2, 0.25) is 5.02 Å². The van der Waals surface area contributed by atoms with E-state index in [1.807, 2.05) is 48.5 Å². The lowest BCUT2D eigenvalue weighted by molar-refractivity contribution is 0.102. The second-order valence-electron chi connectivity index (χ2n) is 5.57. The van der Waals surface area contributed by atoms with E-state index in [1.165, 1.54) is 11.8 Å². The molecule has 0 aliphatic heterocycles. The molecule has 2 aromatic carbocycles. The molecule has 0 spiro atoms. The highest BCUT2D eigenvalue weighted by Crippen LogP contribution is 2.29. The number of benzene rings is 2. The third-order valence-corrected chi connectivity index (χ3v) is 4.75. The Kier molecular flexibility index (Phi) is 4.74. The number of hydrogen-bond acceptors (Lipinski definition) is 3. The van der Waals surface area contributed by atoms with Crippen LogP contribution in [-0.4, -0.2) is 21.1 Å². The number of thioether (sulfide) groups is 1. The second kappa shape index (κ2) is 6.77. The molecule has 0 N–H and O–H groups in total. The fourth-order valence-electron chi connectivity index (χ4n) is 2.49. The van der Waals surface area contributed by atoms with Gasteiger partial charge in [-0.25, -0.2) is 4.98 Å². The van der Waals surface area contributed by atoms with Crippen molar-refractivity contribution < 1.29 is 4.79 Å². The molecule has 0 aliphatic rings. The Morgan fingerprint density at radius 1 is 1.22 bits per heavy atom. The van der Waals surface area contributed by atoms with Gasteiger partial charge in [0.1, 0.15) is 0 Å². The highest BCUT2D eigenvalue weighted by Gasteiger charge is 2.16. The predicted octanol–water partition coefficient (Wildman–Crippen LogP) is 5.25. The molecule has 5 heteroatoms. The summed E-state index contributed by atoms with van der Waals surface area (Å²) < 4.78 is 2.15. The van der Waals surface area contributed by atoms with Crippen LogP contribution in [0.4, 0.5) is 0 Å². The minimum Gasteiger partial charge on any atom is -0.316 e. The van der Waals surface area contributed by atoms with Crippen molar-refractivity contribution in [2.45, 2.75) is 25.0 Å². The van der Waals surface area contributed by atoms with Gasteiger partial charge in [0.15, 0.2) is 10.9 Å². The lowest BCUT2D eigenvalue weighted by Gasteiger charge is -2.12. The molecule has 118 valence electrons. The Morgan fingerprint density at radius 3 is 2.65 bits per heavy atom. The van der Waals surface area contributed by atoms with Gasteiger partial charge >= 0.3 is 0 Å². The lowest BCUT2D eigenvalue weighted by atomic mass is 10.2. The third kappa shape index (κ3) is 3.43. The summed E-state index contributed by atoms with van der Waals surface area (Å²) in [6.07, 6.45) is 0. The molecule has 0 saturated heterocycles. The van der Waals surface area contributed by atoms with Crippen molar-refractivity contribution in [3.8, 4) is 0 Å². The number of nitrogens with zero attached hydrogens (tertiary/aromatic N) is 2. The first-order valence-corrected chi connectivity index (χ1v) is 8.81. The molecular formula is C18H17ClN2OS. The maximum Gasteiger partial charge on any atom is 0.173 e. The van der Waals surface area contributed by atoms with Gasteiger partial charge in [0.05, 0.1) is 16.8 Å². The van der Waals surface area contributed by atoms with Crippen LogP contribution in [0.5, 0.6) is 0 Å². The third-order valence-electron chi connectivity index (χ3n) is 3.56. The minimum absolute atomic E-state index is 0.107. The Morgan fingerprint density at radius 2 is 1.96 bits per heavy atom. The van der Waals surface area contributed by atoms with Gasteiger partial charge in [-0.15, -0.1) is 0 Å². The van der Waals surface area contributed by atoms with Gasteiger partial charge in [0, 0.05) is 16.6 Å². The minimum atomic E-state index is 0.107. The number of aromatic nitrogens is 2. The topological polar surface area (TPSA) is 34.9 Å². The lowest BCUT2D eigenvalue weighted by Crippen LogP contribution is -2.06. The first-order chi connectivity index (χ1) is 11.1. The van der Waals surface area contributed by atoms with Crippen LogP contribution < -0.4 is 0 Å². The molecule has 23 heavy (non-hydrogen) atoms. The highest BCUT2D eigenvalue weighted by molar-refractivity contribution is 7.99. The summed E-state index contributed by atoms with van der Waals surface area (Å²) in [4.78, 5) is 16.9. The van der Waals surface area contributed by atoms with Crippen molar-refractivity contribution in [2.24, 2.45) is 0 Å². The standard InChI is InChI=1S/C18H17ClN2OS/c1-12(2)21-16-9-8-14(19)10-15(16)20-18(21)23-11-17(22)13-6-4-3-5-7-13/h3-10,12H,11H2,1-2H3. The monoisotopic (exact) mass is 344 g/mol. The van der Waals surface area contributed by atoms with E-state index in [0.29, 0.717) is 10.8 Å². The van der Waals surface area contributed by atoms with Gasteiger partial charge in [0.2, 0.25) is 0 Å². The summed E-state index contributed by atoms with van der Waals surface area (Å²) >= 11 is 7.53. The van der Waals surface area contributed by atoms with E-state index in [4.69, 9.17) is 11.6 Å². The summed E-state index contributed by atoms with van der Waals surface area (Å²) in [5.74, 6) is 0.476. The summed E-state index contributed by atoms with van der Waals surface area (Å²) in [5, 5.41) is 1.52. The number of hydrogen-bond donors (Lipinski definition) is 0. The number of ketones is 1. The van der Waals surface area contributed by atoms with Crippen LogP contribution in [0.25, 0.3) is 11.0 Å². The summed E-state index contributed by atoms with van der Waals surface area (Å²) in [5.41, 5.74) is 2.63. The van der Waals surface area contributed by atoms with Gasteiger partial charge in [-0.2, -0.15) is 0 Å². The molecule has 1 aromatic heterocycles. The zero-order valence-corrected chi connectivity index (χ0v) is 14.6. The van der Waals surface area contributed by atoms with Crippen molar-refractivity contribution in [3.63, 3.8) is 0 Å². The second-order valence-corrected chi connectivity index (χ2v) is 6.95. The number of rotatable bonds is 5. The molecule has 0 fully saturated rings. The zero-order valence-electron chi connectivity index (χ0n) is 13.0. The fourth-order valence-corrected chi connectivity index (χ4v) is 3.69. The quantitative estimate of drug-likeness (QED) is 0.468. The van der Waals surface area contributed by atoms with Crippen molar-refractivity contribution in [1.29, 1.82) is 0 Å². The van der Waals surface area contributed by atoms with Crippen LogP contribution in [0.15, 0.2) is 53.7 Å². The molecule has 1 heterocycles. The molecule has 3 aromatic rings. The Balaban J connectivity index is 1.88. The van der Waals surface area contributed by atoms with E-state index in [-0.39, 0.29) is 11.8 Å². The number of halogens is 1. The van der Waals surface area contributed by atoms with Crippen LogP contribution in [0.3, 0.4) is 0 Å². The van der Waals surface area contributed by atoms with E-state index < -0.39 is 0 Å². The van der Waals surface area contributed by atoms with Crippen LogP contribution >= 0.6 is 23.4 Å².